The van der Waals surface area contributed by atoms with E-state index in [-0.39, 0.29) is 11.7 Å². The molecule has 0 spiro atoms. The van der Waals surface area contributed by atoms with Crippen molar-refractivity contribution in [3.8, 4) is 11.5 Å². The first-order chi connectivity index (χ1) is 16.7. The number of benzene rings is 1. The van der Waals surface area contributed by atoms with Crippen molar-refractivity contribution >= 4 is 29.0 Å². The Labute approximate surface area is 204 Å². The van der Waals surface area contributed by atoms with Gasteiger partial charge in [0.05, 0.1) is 11.3 Å². The number of aromatic nitrogens is 3. The number of hydrogen-bond donors (Lipinski definition) is 1. The smallest absolute Gasteiger partial charge is 0.277 e. The Morgan fingerprint density at radius 1 is 1.03 bits per heavy atom. The van der Waals surface area contributed by atoms with Crippen molar-refractivity contribution in [3.63, 3.8) is 0 Å². The maximum absolute atomic E-state index is 12.4. The molecule has 2 aromatic heterocycles. The van der Waals surface area contributed by atoms with E-state index in [9.17, 15) is 4.79 Å². The van der Waals surface area contributed by atoms with Crippen LogP contribution in [0.1, 0.15) is 32.1 Å². The van der Waals surface area contributed by atoms with Gasteiger partial charge in [-0.1, -0.05) is 31.0 Å². The summed E-state index contributed by atoms with van der Waals surface area (Å²) in [6.07, 6.45) is 10.3. The summed E-state index contributed by atoms with van der Waals surface area (Å²) in [4.78, 5) is 21.6. The van der Waals surface area contributed by atoms with Crippen LogP contribution in [-0.2, 0) is 4.79 Å². The van der Waals surface area contributed by atoms with Crippen LogP contribution < -0.4 is 10.2 Å². The second-order valence-corrected chi connectivity index (χ2v) is 9.74. The molecule has 1 N–H and O–H groups in total. The first kappa shape index (κ1) is 22.9. The molecule has 8 nitrogen and oxygen atoms in total. The molecule has 5 rings (SSSR count). The number of thioether (sulfide) groups is 1. The molecule has 0 radical (unpaired) electrons. The molecule has 1 saturated carbocycles. The van der Waals surface area contributed by atoms with E-state index in [1.165, 1.54) is 49.6 Å². The molecule has 2 aliphatic rings. The quantitative estimate of drug-likeness (QED) is 0.503. The fourth-order valence-electron chi connectivity index (χ4n) is 4.75. The van der Waals surface area contributed by atoms with Gasteiger partial charge in [-0.3, -0.25) is 14.7 Å². The minimum absolute atomic E-state index is 0.111. The summed E-state index contributed by atoms with van der Waals surface area (Å²) < 4.78 is 5.61. The molecule has 1 aromatic carbocycles. The topological polar surface area (TPSA) is 87.4 Å². The zero-order chi connectivity index (χ0) is 23.2. The van der Waals surface area contributed by atoms with Crippen LogP contribution in [0.4, 0.5) is 11.4 Å². The molecule has 34 heavy (non-hydrogen) atoms. The summed E-state index contributed by atoms with van der Waals surface area (Å²) >= 11 is 1.22. The molecule has 0 atom stereocenters. The Hall–Kier alpha value is -2.91. The Balaban J connectivity index is 1.07. The number of anilines is 2. The third-order valence-corrected chi connectivity index (χ3v) is 7.38. The lowest BCUT2D eigenvalue weighted by Crippen LogP contribution is -2.50. The highest BCUT2D eigenvalue weighted by Gasteiger charge is 2.25. The molecule has 1 aliphatic heterocycles. The average molecular weight is 479 g/mol. The van der Waals surface area contributed by atoms with Crippen molar-refractivity contribution in [1.82, 2.24) is 20.1 Å². The van der Waals surface area contributed by atoms with Crippen LogP contribution in [0.15, 0.2) is 58.4 Å². The summed E-state index contributed by atoms with van der Waals surface area (Å²) in [7, 11) is 0. The fourth-order valence-corrected chi connectivity index (χ4v) is 5.31. The van der Waals surface area contributed by atoms with Crippen molar-refractivity contribution in [1.29, 1.82) is 0 Å². The summed E-state index contributed by atoms with van der Waals surface area (Å²) in [6.45, 7) is 4.39. The number of nitrogens with one attached hydrogen (secondary N) is 1. The van der Waals surface area contributed by atoms with Crippen LogP contribution in [0.25, 0.3) is 11.5 Å². The van der Waals surface area contributed by atoms with Crippen LogP contribution in [0, 0.1) is 0 Å². The van der Waals surface area contributed by atoms with E-state index >= 15 is 0 Å². The third-order valence-electron chi connectivity index (χ3n) is 6.56. The minimum Gasteiger partial charge on any atom is -0.411 e. The lowest BCUT2D eigenvalue weighted by Gasteiger charge is -2.41. The minimum atomic E-state index is -0.111. The van der Waals surface area contributed by atoms with E-state index in [4.69, 9.17) is 4.42 Å². The Morgan fingerprint density at radius 3 is 2.56 bits per heavy atom. The van der Waals surface area contributed by atoms with Gasteiger partial charge in [-0.05, 0) is 49.2 Å². The van der Waals surface area contributed by atoms with Gasteiger partial charge in [-0.15, -0.1) is 10.2 Å². The van der Waals surface area contributed by atoms with E-state index in [0.717, 1.165) is 43.5 Å². The van der Waals surface area contributed by atoms with Crippen LogP contribution in [0.5, 0.6) is 0 Å². The number of nitrogens with zero attached hydrogens (tertiary/aromatic N) is 5. The molecule has 1 aliphatic carbocycles. The maximum atomic E-state index is 12.4. The van der Waals surface area contributed by atoms with Crippen molar-refractivity contribution in [3.05, 3.63) is 48.8 Å². The van der Waals surface area contributed by atoms with Crippen molar-refractivity contribution in [2.75, 3.05) is 42.1 Å². The van der Waals surface area contributed by atoms with Gasteiger partial charge in [-0.25, -0.2) is 0 Å². The summed E-state index contributed by atoms with van der Waals surface area (Å²) in [5.41, 5.74) is 2.75. The van der Waals surface area contributed by atoms with Crippen molar-refractivity contribution in [2.24, 2.45) is 0 Å². The molecule has 3 aromatic rings. The SMILES string of the molecule is O=C(CSc1nnc(-c2cccnc2)o1)Nc1ccc(N2CCN(C3CCCCC3)CC2)cc1. The van der Waals surface area contributed by atoms with E-state index in [1.54, 1.807) is 12.4 Å². The Bertz CT molecular complexity index is 1060. The molecule has 0 unspecified atom stereocenters. The number of pyridine rings is 1. The first-order valence-corrected chi connectivity index (χ1v) is 13.0. The van der Waals surface area contributed by atoms with Gasteiger partial charge in [0, 0.05) is 56.0 Å². The highest BCUT2D eigenvalue weighted by atomic mass is 32.2. The molecule has 9 heteroatoms. The van der Waals surface area contributed by atoms with E-state index < -0.39 is 0 Å². The molecule has 3 heterocycles. The molecular formula is C25H30N6O2S. The summed E-state index contributed by atoms with van der Waals surface area (Å²) in [6, 6.07) is 12.6. The number of carbonyl (C=O) groups is 1. The van der Waals surface area contributed by atoms with E-state index in [0.29, 0.717) is 11.1 Å². The van der Waals surface area contributed by atoms with Crippen molar-refractivity contribution in [2.45, 2.75) is 43.4 Å². The normalized spacial score (nSPS) is 17.6. The number of rotatable bonds is 7. The lowest BCUT2D eigenvalue weighted by atomic mass is 9.94. The van der Waals surface area contributed by atoms with Crippen LogP contribution >= 0.6 is 11.8 Å². The van der Waals surface area contributed by atoms with Gasteiger partial charge in [-0.2, -0.15) is 0 Å². The standard InChI is InChI=1S/C25H30N6O2S/c32-23(18-34-25-29-28-24(33-25)19-5-4-12-26-17-19)27-20-8-10-22(11-9-20)31-15-13-30(14-16-31)21-6-2-1-3-7-21/h4-5,8-12,17,21H,1-3,6-7,13-16,18H2,(H,27,32). The van der Waals surface area contributed by atoms with Crippen LogP contribution in [0.2, 0.25) is 0 Å². The second kappa shape index (κ2) is 11.0. The maximum Gasteiger partial charge on any atom is 0.277 e. The number of hydrogen-bond acceptors (Lipinski definition) is 8. The van der Waals surface area contributed by atoms with Crippen molar-refractivity contribution < 1.29 is 9.21 Å². The molecule has 178 valence electrons. The largest absolute Gasteiger partial charge is 0.411 e. The monoisotopic (exact) mass is 478 g/mol. The van der Waals surface area contributed by atoms with Crippen LogP contribution in [0.3, 0.4) is 0 Å². The summed E-state index contributed by atoms with van der Waals surface area (Å²) in [5, 5.41) is 11.3. The zero-order valence-corrected chi connectivity index (χ0v) is 20.0. The van der Waals surface area contributed by atoms with E-state index in [1.807, 2.05) is 24.3 Å². The van der Waals surface area contributed by atoms with Gasteiger partial charge < -0.3 is 14.6 Å². The molecule has 2 fully saturated rings. The van der Waals surface area contributed by atoms with Gasteiger partial charge in [0.2, 0.25) is 11.8 Å². The van der Waals surface area contributed by atoms with Gasteiger partial charge in [0.1, 0.15) is 0 Å². The third kappa shape index (κ3) is 5.77. The predicted molar refractivity (Wildman–Crippen MR) is 134 cm³/mol. The molecule has 1 saturated heterocycles. The van der Waals surface area contributed by atoms with Gasteiger partial charge in [0.25, 0.3) is 5.22 Å². The second-order valence-electron chi connectivity index (χ2n) is 8.81. The summed E-state index contributed by atoms with van der Waals surface area (Å²) in [5.74, 6) is 0.477. The molecule has 1 amide bonds. The Kier molecular flexibility index (Phi) is 7.40. The van der Waals surface area contributed by atoms with Gasteiger partial charge in [0.15, 0.2) is 0 Å². The molecular weight excluding hydrogens is 448 g/mol. The fraction of sp³-hybridized carbons (Fsp3) is 0.440. The van der Waals surface area contributed by atoms with Gasteiger partial charge >= 0.3 is 0 Å². The number of carbonyl (C=O) groups excluding carboxylic acids is 1. The lowest BCUT2D eigenvalue weighted by molar-refractivity contribution is -0.113. The number of amides is 1. The highest BCUT2D eigenvalue weighted by Crippen LogP contribution is 2.26. The average Bonchev–Trinajstić information content (AvgIpc) is 3.38. The first-order valence-electron chi connectivity index (χ1n) is 12.0. The Morgan fingerprint density at radius 2 is 1.82 bits per heavy atom. The zero-order valence-electron chi connectivity index (χ0n) is 19.2. The molecule has 0 bridgehead atoms. The highest BCUT2D eigenvalue weighted by molar-refractivity contribution is 7.99. The van der Waals surface area contributed by atoms with Crippen LogP contribution in [-0.4, -0.2) is 64.0 Å². The number of piperazine rings is 1. The predicted octanol–water partition coefficient (Wildman–Crippen LogP) is 4.32. The van der Waals surface area contributed by atoms with E-state index in [2.05, 4.69) is 42.4 Å².